The standard InChI is InChI=1S/C71H47NS/c1-3-21-58(22-4-1)71(59-23-5-2-6-24-59)67-27-11-9-25-63(67)64-41-35-57(46-68(64)71)50-33-38-61(39-34-50)72(62-40-42-66-65-26-10-12-28-69(65)73-70(66)47-62)60-36-31-49(32-37-60)52-17-13-18-53(43-52)54-19-14-20-55(45-54)56-30-29-48-15-7-8-16-51(48)44-56/h1-47H. The van der Waals surface area contributed by atoms with Gasteiger partial charge in [-0.2, -0.15) is 0 Å². The highest BCUT2D eigenvalue weighted by atomic mass is 32.1. The van der Waals surface area contributed by atoms with E-state index in [1.54, 1.807) is 0 Å². The van der Waals surface area contributed by atoms with Crippen molar-refractivity contribution in [3.8, 4) is 55.6 Å². The number of nitrogens with zero attached hydrogens (tertiary/aromatic N) is 1. The molecule has 1 aliphatic carbocycles. The minimum Gasteiger partial charge on any atom is -0.310 e. The molecule has 1 nitrogen and oxygen atoms in total. The molecule has 0 spiro atoms. The van der Waals surface area contributed by atoms with Gasteiger partial charge in [-0.15, -0.1) is 11.3 Å². The molecule has 1 heterocycles. The summed E-state index contributed by atoms with van der Waals surface area (Å²) in [5.74, 6) is 0. The lowest BCUT2D eigenvalue weighted by atomic mass is 9.67. The van der Waals surface area contributed by atoms with E-state index in [-0.39, 0.29) is 0 Å². The number of hydrogen-bond donors (Lipinski definition) is 0. The van der Waals surface area contributed by atoms with Gasteiger partial charge in [0.2, 0.25) is 0 Å². The van der Waals surface area contributed by atoms with Crippen molar-refractivity contribution < 1.29 is 0 Å². The van der Waals surface area contributed by atoms with Gasteiger partial charge in [0.1, 0.15) is 0 Å². The van der Waals surface area contributed by atoms with E-state index in [1.807, 2.05) is 11.3 Å². The summed E-state index contributed by atoms with van der Waals surface area (Å²) in [5.41, 5.74) is 20.2. The van der Waals surface area contributed by atoms with Gasteiger partial charge in [-0.05, 0) is 155 Å². The molecular formula is C71H47NS. The fourth-order valence-electron chi connectivity index (χ4n) is 11.7. The molecule has 14 rings (SSSR count). The van der Waals surface area contributed by atoms with Crippen LogP contribution in [0.1, 0.15) is 22.3 Å². The van der Waals surface area contributed by atoms with Crippen LogP contribution in [-0.4, -0.2) is 0 Å². The Kier molecular flexibility index (Phi) is 10.3. The van der Waals surface area contributed by atoms with Gasteiger partial charge in [0.25, 0.3) is 0 Å². The van der Waals surface area contributed by atoms with E-state index in [0.29, 0.717) is 0 Å². The van der Waals surface area contributed by atoms with Crippen LogP contribution in [0.2, 0.25) is 0 Å². The zero-order valence-electron chi connectivity index (χ0n) is 40.0. The van der Waals surface area contributed by atoms with Crippen LogP contribution in [0.3, 0.4) is 0 Å². The molecule has 0 fully saturated rings. The Labute approximate surface area is 430 Å². The normalized spacial score (nSPS) is 12.5. The number of benzene rings is 12. The largest absolute Gasteiger partial charge is 0.310 e. The Morgan fingerprint density at radius 3 is 1.41 bits per heavy atom. The monoisotopic (exact) mass is 945 g/mol. The Morgan fingerprint density at radius 2 is 0.740 bits per heavy atom. The molecule has 12 aromatic carbocycles. The molecule has 0 bridgehead atoms. The highest BCUT2D eigenvalue weighted by molar-refractivity contribution is 7.25. The Balaban J connectivity index is 0.831. The van der Waals surface area contributed by atoms with Crippen molar-refractivity contribution in [2.75, 3.05) is 4.90 Å². The maximum absolute atomic E-state index is 2.45. The third-order valence-electron chi connectivity index (χ3n) is 15.1. The molecule has 13 aromatic rings. The summed E-state index contributed by atoms with van der Waals surface area (Å²) in [6.45, 7) is 0. The maximum Gasteiger partial charge on any atom is 0.0713 e. The molecule has 0 amide bonds. The first-order chi connectivity index (χ1) is 36.2. The van der Waals surface area contributed by atoms with E-state index in [9.17, 15) is 0 Å². The molecule has 0 atom stereocenters. The molecule has 1 aromatic heterocycles. The van der Waals surface area contributed by atoms with Crippen LogP contribution in [0.5, 0.6) is 0 Å². The van der Waals surface area contributed by atoms with E-state index in [0.717, 1.165) is 17.1 Å². The van der Waals surface area contributed by atoms with Crippen LogP contribution in [0, 0.1) is 0 Å². The summed E-state index contributed by atoms with van der Waals surface area (Å²) in [6, 6.07) is 105. The van der Waals surface area contributed by atoms with E-state index in [4.69, 9.17) is 0 Å². The van der Waals surface area contributed by atoms with Gasteiger partial charge in [-0.25, -0.2) is 0 Å². The third kappa shape index (κ3) is 7.29. The highest BCUT2D eigenvalue weighted by Crippen LogP contribution is 2.57. The lowest BCUT2D eigenvalue weighted by molar-refractivity contribution is 0.769. The van der Waals surface area contributed by atoms with Crippen molar-refractivity contribution in [3.63, 3.8) is 0 Å². The highest BCUT2D eigenvalue weighted by Gasteiger charge is 2.46. The molecule has 0 radical (unpaired) electrons. The fraction of sp³-hybridized carbons (Fsp3) is 0.0141. The van der Waals surface area contributed by atoms with Crippen LogP contribution in [0.25, 0.3) is 86.6 Å². The summed E-state index contributed by atoms with van der Waals surface area (Å²) < 4.78 is 2.58. The van der Waals surface area contributed by atoms with E-state index in [2.05, 4.69) is 290 Å². The predicted octanol–water partition coefficient (Wildman–Crippen LogP) is 19.7. The topological polar surface area (TPSA) is 3.24 Å². The van der Waals surface area contributed by atoms with Gasteiger partial charge in [-0.3, -0.25) is 0 Å². The first-order valence-corrected chi connectivity index (χ1v) is 25.9. The smallest absolute Gasteiger partial charge is 0.0713 e. The van der Waals surface area contributed by atoms with Crippen LogP contribution < -0.4 is 4.90 Å². The van der Waals surface area contributed by atoms with Crippen molar-refractivity contribution in [1.29, 1.82) is 0 Å². The zero-order chi connectivity index (χ0) is 48.3. The first-order valence-electron chi connectivity index (χ1n) is 25.1. The first kappa shape index (κ1) is 42.8. The average molecular weight is 946 g/mol. The molecule has 0 unspecified atom stereocenters. The van der Waals surface area contributed by atoms with Gasteiger partial charge < -0.3 is 4.90 Å². The lowest BCUT2D eigenvalue weighted by Crippen LogP contribution is -2.28. The van der Waals surface area contributed by atoms with Crippen LogP contribution in [0.4, 0.5) is 17.1 Å². The number of anilines is 3. The van der Waals surface area contributed by atoms with Crippen molar-refractivity contribution in [3.05, 3.63) is 307 Å². The van der Waals surface area contributed by atoms with E-state index in [1.165, 1.54) is 109 Å². The van der Waals surface area contributed by atoms with Crippen molar-refractivity contribution >= 4 is 59.3 Å². The summed E-state index contributed by atoms with van der Waals surface area (Å²) in [6.07, 6.45) is 0. The molecule has 0 saturated carbocycles. The Bertz CT molecular complexity index is 4150. The van der Waals surface area contributed by atoms with Crippen molar-refractivity contribution in [1.82, 2.24) is 0 Å². The maximum atomic E-state index is 2.45. The van der Waals surface area contributed by atoms with Gasteiger partial charge in [0, 0.05) is 37.2 Å². The fourth-order valence-corrected chi connectivity index (χ4v) is 12.8. The minimum atomic E-state index is -0.455. The SMILES string of the molecule is c1ccc(C2(c3ccccc3)c3ccccc3-c3ccc(-c4ccc(N(c5ccc(-c6cccc(-c7cccc(-c8ccc9ccccc9c8)c7)c6)cc5)c5ccc6c(c5)sc5ccccc56)cc4)cc32)cc1. The molecule has 1 aliphatic rings. The molecule has 0 saturated heterocycles. The lowest BCUT2D eigenvalue weighted by Gasteiger charge is -2.34. The second kappa shape index (κ2) is 17.6. The quantitative estimate of drug-likeness (QED) is 0.139. The second-order valence-electron chi connectivity index (χ2n) is 19.2. The van der Waals surface area contributed by atoms with E-state index >= 15 is 0 Å². The number of fused-ring (bicyclic) bond motifs is 7. The third-order valence-corrected chi connectivity index (χ3v) is 16.3. The summed E-state index contributed by atoms with van der Waals surface area (Å²) in [4.78, 5) is 2.40. The Morgan fingerprint density at radius 1 is 0.260 bits per heavy atom. The molecule has 0 aliphatic heterocycles. The van der Waals surface area contributed by atoms with Gasteiger partial charge in [-0.1, -0.05) is 218 Å². The van der Waals surface area contributed by atoms with E-state index < -0.39 is 5.41 Å². The molecule has 73 heavy (non-hydrogen) atoms. The molecular weight excluding hydrogens is 899 g/mol. The van der Waals surface area contributed by atoms with Gasteiger partial charge >= 0.3 is 0 Å². The summed E-state index contributed by atoms with van der Waals surface area (Å²) in [7, 11) is 0. The van der Waals surface area contributed by atoms with Gasteiger partial charge in [0.15, 0.2) is 0 Å². The van der Waals surface area contributed by atoms with Crippen LogP contribution in [0.15, 0.2) is 285 Å². The van der Waals surface area contributed by atoms with Crippen LogP contribution >= 0.6 is 11.3 Å². The Hall–Kier alpha value is -9.08. The molecule has 342 valence electrons. The predicted molar refractivity (Wildman–Crippen MR) is 311 cm³/mol. The zero-order valence-corrected chi connectivity index (χ0v) is 40.8. The molecule has 0 N–H and O–H groups in total. The summed E-state index contributed by atoms with van der Waals surface area (Å²) in [5, 5.41) is 5.10. The van der Waals surface area contributed by atoms with Gasteiger partial charge in [0.05, 0.1) is 5.41 Å². The number of thiophene rings is 1. The van der Waals surface area contributed by atoms with Crippen LogP contribution in [-0.2, 0) is 5.41 Å². The van der Waals surface area contributed by atoms with Crippen molar-refractivity contribution in [2.45, 2.75) is 5.41 Å². The second-order valence-corrected chi connectivity index (χ2v) is 20.3. The summed E-state index contributed by atoms with van der Waals surface area (Å²) >= 11 is 1.86. The number of rotatable bonds is 9. The minimum absolute atomic E-state index is 0.455. The molecule has 2 heteroatoms. The van der Waals surface area contributed by atoms with Crippen molar-refractivity contribution in [2.24, 2.45) is 0 Å². The average Bonchev–Trinajstić information content (AvgIpc) is 3.99. The number of hydrogen-bond acceptors (Lipinski definition) is 2.